The molecule has 0 aromatic heterocycles. The lowest BCUT2D eigenvalue weighted by atomic mass is 9.85. The second kappa shape index (κ2) is 14.0. The number of carbonyl (C=O) groups is 7. The van der Waals surface area contributed by atoms with E-state index >= 15 is 0 Å². The first kappa shape index (κ1) is 38.3. The Morgan fingerprint density at radius 3 is 2.02 bits per heavy atom. The van der Waals surface area contributed by atoms with Gasteiger partial charge in [0.05, 0.1) is 29.8 Å². The fourth-order valence-electron chi connectivity index (χ4n) is 7.10. The predicted molar refractivity (Wildman–Crippen MR) is 187 cm³/mol. The fourth-order valence-corrected chi connectivity index (χ4v) is 7.10. The lowest BCUT2D eigenvalue weighted by Crippen LogP contribution is -2.62. The van der Waals surface area contributed by atoms with Crippen molar-refractivity contribution in [2.45, 2.75) is 92.9 Å². The summed E-state index contributed by atoms with van der Waals surface area (Å²) < 4.78 is 0. The van der Waals surface area contributed by atoms with Crippen LogP contribution in [0.1, 0.15) is 89.5 Å². The molecule has 272 valence electrons. The number of Topliss-reactive ketones (excluding diaryl/α,β-unsaturated/α-hetero) is 1. The molecule has 1 aromatic carbocycles. The van der Waals surface area contributed by atoms with Crippen molar-refractivity contribution < 1.29 is 33.6 Å². The molecule has 0 bridgehead atoms. The van der Waals surface area contributed by atoms with E-state index < -0.39 is 76.3 Å². The van der Waals surface area contributed by atoms with Gasteiger partial charge < -0.3 is 26.2 Å². The van der Waals surface area contributed by atoms with E-state index in [0.29, 0.717) is 17.7 Å². The smallest absolute Gasteiger partial charge is 0.315 e. The van der Waals surface area contributed by atoms with E-state index in [1.807, 2.05) is 34.6 Å². The van der Waals surface area contributed by atoms with Crippen LogP contribution in [0.2, 0.25) is 0 Å². The number of urea groups is 1. The van der Waals surface area contributed by atoms with Gasteiger partial charge in [0.25, 0.3) is 17.7 Å². The van der Waals surface area contributed by atoms with E-state index in [-0.39, 0.29) is 36.8 Å². The molecule has 2 aliphatic heterocycles. The number of hydrogen-bond acceptors (Lipinski definition) is 7. The van der Waals surface area contributed by atoms with Gasteiger partial charge in [-0.15, -0.1) is 6.58 Å². The van der Waals surface area contributed by atoms with Crippen molar-refractivity contribution in [2.24, 2.45) is 28.1 Å². The van der Waals surface area contributed by atoms with E-state index in [1.54, 1.807) is 52.0 Å². The Balaban J connectivity index is 1.52. The molecule has 0 radical (unpaired) electrons. The molecule has 13 heteroatoms. The molecule has 1 aromatic rings. The van der Waals surface area contributed by atoms with Gasteiger partial charge in [-0.25, -0.2) is 4.79 Å². The summed E-state index contributed by atoms with van der Waals surface area (Å²) in [7, 11) is 0. The summed E-state index contributed by atoms with van der Waals surface area (Å²) in [5.41, 5.74) is -0.983. The van der Waals surface area contributed by atoms with E-state index in [0.717, 1.165) is 4.90 Å². The van der Waals surface area contributed by atoms with Crippen LogP contribution in [0.4, 0.5) is 4.79 Å². The first-order chi connectivity index (χ1) is 23.2. The first-order valence-corrected chi connectivity index (χ1v) is 17.2. The van der Waals surface area contributed by atoms with Crippen molar-refractivity contribution in [1.82, 2.24) is 31.1 Å². The number of nitrogens with one attached hydrogen (secondary N) is 4. The maximum absolute atomic E-state index is 14.4. The lowest BCUT2D eigenvalue weighted by Gasteiger charge is -2.39. The monoisotopic (exact) mass is 692 g/mol. The standard InChI is InChI=1S/C37H52N6O7/c1-11-17-38-30(46)27(44)23(12-2)39-29(45)26-25-22(37(25,9)10)18-42(26)33(49)28(36(6,7)8)41-34(50)40-24(35(3,4)5)19-43-31(47)20-15-13-14-16-21(20)32(43)48/h11,13-16,22-26,28H,1,12,17-19H2,2-10H3,(H,38,46)(H,39,45)(H2,40,41,50)/t22-,23?,24+,25-,26-,28+/m0/s1. The molecule has 4 N–H and O–H groups in total. The van der Waals surface area contributed by atoms with Gasteiger partial charge in [-0.3, -0.25) is 33.7 Å². The maximum atomic E-state index is 14.4. The quantitative estimate of drug-likeness (QED) is 0.148. The number of rotatable bonds is 12. The van der Waals surface area contributed by atoms with Gasteiger partial charge >= 0.3 is 6.03 Å². The zero-order valence-corrected chi connectivity index (χ0v) is 30.6. The minimum atomic E-state index is -1.08. The average molecular weight is 693 g/mol. The SMILES string of the molecule is C=CCNC(=O)C(=O)C(CC)NC(=O)[C@@H]1[C@@H]2[C@H](CN1C(=O)[C@@H](NC(=O)N[C@H](CN1C(=O)c3ccccc3C1=O)C(C)(C)C)C(C)(C)C)C2(C)C. The molecular weight excluding hydrogens is 640 g/mol. The van der Waals surface area contributed by atoms with Crippen LogP contribution in [0.3, 0.4) is 0 Å². The second-order valence-electron chi connectivity index (χ2n) is 16.3. The van der Waals surface area contributed by atoms with Crippen molar-refractivity contribution in [2.75, 3.05) is 19.6 Å². The molecule has 0 spiro atoms. The number of amides is 7. The van der Waals surface area contributed by atoms with E-state index in [1.165, 1.54) is 11.0 Å². The molecule has 13 nitrogen and oxygen atoms in total. The number of hydrogen-bond donors (Lipinski definition) is 4. The van der Waals surface area contributed by atoms with Crippen LogP contribution in [0.15, 0.2) is 36.9 Å². The van der Waals surface area contributed by atoms with Crippen molar-refractivity contribution >= 4 is 41.4 Å². The lowest BCUT2D eigenvalue weighted by molar-refractivity contribution is -0.145. The highest BCUT2D eigenvalue weighted by Crippen LogP contribution is 2.65. The molecule has 7 amide bonds. The third-order valence-corrected chi connectivity index (χ3v) is 10.4. The highest BCUT2D eigenvalue weighted by Gasteiger charge is 2.70. The zero-order valence-electron chi connectivity index (χ0n) is 30.6. The number of piperidine rings is 1. The summed E-state index contributed by atoms with van der Waals surface area (Å²) in [5, 5.41) is 10.9. The third kappa shape index (κ3) is 7.46. The summed E-state index contributed by atoms with van der Waals surface area (Å²) in [6.07, 6.45) is 1.62. The Hall–Kier alpha value is -4.55. The highest BCUT2D eigenvalue weighted by molar-refractivity contribution is 6.38. The number of likely N-dealkylation sites (tertiary alicyclic amines) is 1. The van der Waals surface area contributed by atoms with Crippen LogP contribution < -0.4 is 21.3 Å². The van der Waals surface area contributed by atoms with Crippen molar-refractivity contribution in [3.63, 3.8) is 0 Å². The van der Waals surface area contributed by atoms with Crippen LogP contribution in [0.5, 0.6) is 0 Å². The zero-order chi connectivity index (χ0) is 37.5. The van der Waals surface area contributed by atoms with Gasteiger partial charge in [-0.2, -0.15) is 0 Å². The largest absolute Gasteiger partial charge is 0.346 e. The minimum Gasteiger partial charge on any atom is -0.346 e. The second-order valence-corrected chi connectivity index (χ2v) is 16.3. The molecule has 1 saturated carbocycles. The normalized spacial score (nSPS) is 22.5. The number of carbonyl (C=O) groups excluding carboxylic acids is 7. The van der Waals surface area contributed by atoms with Gasteiger partial charge in [0, 0.05) is 13.1 Å². The minimum absolute atomic E-state index is 0.0354. The molecule has 6 atom stereocenters. The molecule has 2 fully saturated rings. The Labute approximate surface area is 294 Å². The van der Waals surface area contributed by atoms with Gasteiger partial charge in [-0.05, 0) is 46.6 Å². The van der Waals surface area contributed by atoms with Crippen molar-refractivity contribution in [3.05, 3.63) is 48.0 Å². The number of benzene rings is 1. The molecule has 1 saturated heterocycles. The number of fused-ring (bicyclic) bond motifs is 2. The van der Waals surface area contributed by atoms with Crippen LogP contribution in [0.25, 0.3) is 0 Å². The molecular formula is C37H52N6O7. The topological polar surface area (TPSA) is 174 Å². The first-order valence-electron chi connectivity index (χ1n) is 17.2. The van der Waals surface area contributed by atoms with Crippen LogP contribution in [-0.2, 0) is 19.2 Å². The summed E-state index contributed by atoms with van der Waals surface area (Å²) in [6.45, 7) is 20.6. The van der Waals surface area contributed by atoms with Gasteiger partial charge in [0.1, 0.15) is 12.1 Å². The van der Waals surface area contributed by atoms with Gasteiger partial charge in [-0.1, -0.05) is 80.5 Å². The fraction of sp³-hybridized carbons (Fsp3) is 0.595. The van der Waals surface area contributed by atoms with E-state index in [4.69, 9.17) is 0 Å². The summed E-state index contributed by atoms with van der Waals surface area (Å²) in [4.78, 5) is 96.0. The summed E-state index contributed by atoms with van der Waals surface area (Å²) in [6, 6.07) is 2.18. The Morgan fingerprint density at radius 1 is 0.940 bits per heavy atom. The average Bonchev–Trinajstić information content (AvgIpc) is 3.30. The number of nitrogens with zero attached hydrogens (tertiary/aromatic N) is 2. The highest BCUT2D eigenvalue weighted by atomic mass is 16.2. The van der Waals surface area contributed by atoms with Crippen LogP contribution in [0, 0.1) is 28.1 Å². The molecule has 50 heavy (non-hydrogen) atoms. The molecule has 1 aliphatic carbocycles. The van der Waals surface area contributed by atoms with Gasteiger partial charge in [0.2, 0.25) is 17.6 Å². The van der Waals surface area contributed by atoms with Crippen LogP contribution in [-0.4, -0.2) is 95.0 Å². The summed E-state index contributed by atoms with van der Waals surface area (Å²) >= 11 is 0. The predicted octanol–water partition coefficient (Wildman–Crippen LogP) is 2.66. The summed E-state index contributed by atoms with van der Waals surface area (Å²) in [5.74, 6) is -3.61. The molecule has 1 unspecified atom stereocenters. The van der Waals surface area contributed by atoms with Gasteiger partial charge in [0.15, 0.2) is 0 Å². The van der Waals surface area contributed by atoms with Crippen molar-refractivity contribution in [1.29, 1.82) is 0 Å². The Bertz CT molecular complexity index is 1550. The molecule has 2 heterocycles. The Kier molecular flexibility index (Phi) is 10.7. The third-order valence-electron chi connectivity index (χ3n) is 10.4. The van der Waals surface area contributed by atoms with Crippen molar-refractivity contribution in [3.8, 4) is 0 Å². The maximum Gasteiger partial charge on any atom is 0.315 e. The van der Waals surface area contributed by atoms with E-state index in [9.17, 15) is 33.6 Å². The molecule has 4 rings (SSSR count). The van der Waals surface area contributed by atoms with Crippen LogP contribution >= 0.6 is 0 Å². The Morgan fingerprint density at radius 2 is 1.52 bits per heavy atom. The number of ketones is 1. The number of imide groups is 1. The van der Waals surface area contributed by atoms with E-state index in [2.05, 4.69) is 27.8 Å². The molecule has 3 aliphatic rings.